The van der Waals surface area contributed by atoms with Crippen LogP contribution in [-0.4, -0.2) is 61.0 Å². The van der Waals surface area contributed by atoms with Crippen LogP contribution < -0.4 is 10.6 Å². The molecule has 1 saturated carbocycles. The minimum absolute atomic E-state index is 0.0861. The molecule has 2 N–H and O–H groups in total. The summed E-state index contributed by atoms with van der Waals surface area (Å²) in [6, 6.07) is -1.14. The van der Waals surface area contributed by atoms with Crippen molar-refractivity contribution in [2.45, 2.75) is 89.4 Å². The molecule has 4 atom stereocenters. The number of nitrogens with one attached hydrogen (secondary N) is 2. The molecule has 0 aromatic rings. The maximum atomic E-state index is 12.6. The molecule has 0 aromatic carbocycles. The smallest absolute Gasteiger partial charge is 0.248 e. The van der Waals surface area contributed by atoms with Gasteiger partial charge in [-0.3, -0.25) is 9.59 Å². The SMILES string of the molecule is CCCC1=N[C@H](C(=O)N[C@H]2CCCC[C@@H]2NC(=O)[C@@H]2COC(CCC)=N2)CO1. The van der Waals surface area contributed by atoms with E-state index in [9.17, 15) is 9.59 Å². The van der Waals surface area contributed by atoms with E-state index < -0.39 is 12.1 Å². The summed E-state index contributed by atoms with van der Waals surface area (Å²) >= 11 is 0. The summed E-state index contributed by atoms with van der Waals surface area (Å²) in [5, 5.41) is 6.18. The molecular formula is C20H32N4O4. The summed E-state index contributed by atoms with van der Waals surface area (Å²) in [7, 11) is 0. The predicted octanol–water partition coefficient (Wildman–Crippen LogP) is 1.72. The quantitative estimate of drug-likeness (QED) is 0.657. The van der Waals surface area contributed by atoms with Crippen LogP contribution in [0.3, 0.4) is 0 Å². The Balaban J connectivity index is 1.54. The van der Waals surface area contributed by atoms with E-state index in [4.69, 9.17) is 9.47 Å². The number of carbonyl (C=O) groups excluding carboxylic acids is 2. The molecule has 0 bridgehead atoms. The molecule has 0 radical (unpaired) electrons. The van der Waals surface area contributed by atoms with Gasteiger partial charge < -0.3 is 20.1 Å². The zero-order chi connectivity index (χ0) is 19.9. The van der Waals surface area contributed by atoms with Crippen molar-refractivity contribution in [3.63, 3.8) is 0 Å². The lowest BCUT2D eigenvalue weighted by molar-refractivity contribution is -0.126. The van der Waals surface area contributed by atoms with E-state index in [2.05, 4.69) is 34.5 Å². The van der Waals surface area contributed by atoms with Crippen LogP contribution in [-0.2, 0) is 19.1 Å². The number of amides is 2. The van der Waals surface area contributed by atoms with Gasteiger partial charge in [0.05, 0.1) is 0 Å². The number of nitrogens with zero attached hydrogens (tertiary/aromatic N) is 2. The maximum absolute atomic E-state index is 12.6. The molecule has 28 heavy (non-hydrogen) atoms. The lowest BCUT2D eigenvalue weighted by atomic mass is 9.89. The molecule has 0 saturated heterocycles. The molecule has 8 heteroatoms. The Bertz CT molecular complexity index is 580. The van der Waals surface area contributed by atoms with Crippen LogP contribution in [0.4, 0.5) is 0 Å². The van der Waals surface area contributed by atoms with Crippen molar-refractivity contribution in [1.29, 1.82) is 0 Å². The van der Waals surface area contributed by atoms with Gasteiger partial charge in [0.25, 0.3) is 0 Å². The highest BCUT2D eigenvalue weighted by Gasteiger charge is 2.34. The largest absolute Gasteiger partial charge is 0.478 e. The second-order valence-corrected chi connectivity index (χ2v) is 7.71. The van der Waals surface area contributed by atoms with Gasteiger partial charge >= 0.3 is 0 Å². The van der Waals surface area contributed by atoms with E-state index in [0.717, 1.165) is 51.4 Å². The molecular weight excluding hydrogens is 360 g/mol. The average molecular weight is 393 g/mol. The van der Waals surface area contributed by atoms with Crippen molar-refractivity contribution >= 4 is 23.6 Å². The van der Waals surface area contributed by atoms with Gasteiger partial charge in [-0.15, -0.1) is 0 Å². The van der Waals surface area contributed by atoms with E-state index in [1.807, 2.05) is 0 Å². The number of aliphatic imine (C=N–C) groups is 2. The first kappa shape index (κ1) is 20.6. The lowest BCUT2D eigenvalue weighted by Gasteiger charge is -2.33. The first-order chi connectivity index (χ1) is 13.6. The van der Waals surface area contributed by atoms with Crippen LogP contribution >= 0.6 is 0 Å². The average Bonchev–Trinajstić information content (AvgIpc) is 3.34. The van der Waals surface area contributed by atoms with Gasteiger partial charge in [-0.1, -0.05) is 26.7 Å². The van der Waals surface area contributed by atoms with Crippen molar-refractivity contribution in [2.24, 2.45) is 9.98 Å². The summed E-state index contributed by atoms with van der Waals surface area (Å²) in [6.07, 6.45) is 7.17. The summed E-state index contributed by atoms with van der Waals surface area (Å²) < 4.78 is 11.0. The summed E-state index contributed by atoms with van der Waals surface area (Å²) in [5.41, 5.74) is 0. The third kappa shape index (κ3) is 5.23. The topological polar surface area (TPSA) is 101 Å². The Kier molecular flexibility index (Phi) is 7.28. The molecule has 8 nitrogen and oxygen atoms in total. The van der Waals surface area contributed by atoms with Gasteiger partial charge in [0, 0.05) is 24.9 Å². The van der Waals surface area contributed by atoms with Crippen molar-refractivity contribution in [3.8, 4) is 0 Å². The Morgan fingerprint density at radius 3 is 1.68 bits per heavy atom. The Labute approximate surface area is 166 Å². The Hall–Kier alpha value is -2.12. The van der Waals surface area contributed by atoms with E-state index in [-0.39, 0.29) is 23.9 Å². The molecule has 2 aliphatic heterocycles. The molecule has 3 rings (SSSR count). The minimum atomic E-state index is -0.482. The van der Waals surface area contributed by atoms with Crippen molar-refractivity contribution in [1.82, 2.24) is 10.6 Å². The summed E-state index contributed by atoms with van der Waals surface area (Å²) in [6.45, 7) is 4.72. The molecule has 0 unspecified atom stereocenters. The third-order valence-electron chi connectivity index (χ3n) is 5.37. The molecule has 0 aromatic heterocycles. The van der Waals surface area contributed by atoms with Gasteiger partial charge in [0.1, 0.15) is 13.2 Å². The van der Waals surface area contributed by atoms with Gasteiger partial charge in [0.15, 0.2) is 23.9 Å². The zero-order valence-electron chi connectivity index (χ0n) is 16.9. The van der Waals surface area contributed by atoms with Crippen LogP contribution in [0.15, 0.2) is 9.98 Å². The Morgan fingerprint density at radius 1 is 0.857 bits per heavy atom. The fraction of sp³-hybridized carbons (Fsp3) is 0.800. The molecule has 2 amide bonds. The lowest BCUT2D eigenvalue weighted by Crippen LogP contribution is -2.56. The second kappa shape index (κ2) is 9.89. The first-order valence-corrected chi connectivity index (χ1v) is 10.6. The van der Waals surface area contributed by atoms with E-state index in [1.165, 1.54) is 0 Å². The standard InChI is InChI=1S/C20H32N4O4/c1-3-7-17-21-15(11-27-17)19(25)23-13-9-5-6-10-14(13)24-20(26)16-12-28-18(22-16)8-4-2/h13-16H,3-12H2,1-2H3,(H,23,25)(H,24,26)/t13-,14-,15-,16-/m0/s1. The predicted molar refractivity (Wildman–Crippen MR) is 106 cm³/mol. The van der Waals surface area contributed by atoms with Crippen LogP contribution in [0.1, 0.15) is 65.2 Å². The van der Waals surface area contributed by atoms with Crippen molar-refractivity contribution < 1.29 is 19.1 Å². The number of hydrogen-bond acceptors (Lipinski definition) is 6. The number of rotatable bonds is 8. The van der Waals surface area contributed by atoms with Crippen LogP contribution in [0.5, 0.6) is 0 Å². The monoisotopic (exact) mass is 392 g/mol. The first-order valence-electron chi connectivity index (χ1n) is 10.6. The fourth-order valence-electron chi connectivity index (χ4n) is 3.85. The maximum Gasteiger partial charge on any atom is 0.248 e. The number of carbonyl (C=O) groups is 2. The molecule has 0 spiro atoms. The highest BCUT2D eigenvalue weighted by Crippen LogP contribution is 2.20. The van der Waals surface area contributed by atoms with Crippen molar-refractivity contribution in [2.75, 3.05) is 13.2 Å². The normalized spacial score (nSPS) is 29.4. The van der Waals surface area contributed by atoms with E-state index in [0.29, 0.717) is 25.0 Å². The molecule has 1 fully saturated rings. The van der Waals surface area contributed by atoms with E-state index >= 15 is 0 Å². The highest BCUT2D eigenvalue weighted by molar-refractivity contribution is 5.90. The third-order valence-corrected chi connectivity index (χ3v) is 5.37. The van der Waals surface area contributed by atoms with Crippen molar-refractivity contribution in [3.05, 3.63) is 0 Å². The van der Waals surface area contributed by atoms with Gasteiger partial charge in [-0.25, -0.2) is 9.98 Å². The van der Waals surface area contributed by atoms with Gasteiger partial charge in [-0.05, 0) is 25.7 Å². The zero-order valence-corrected chi connectivity index (χ0v) is 16.9. The summed E-state index contributed by atoms with van der Waals surface area (Å²) in [5.74, 6) is 1.09. The van der Waals surface area contributed by atoms with Gasteiger partial charge in [-0.2, -0.15) is 0 Å². The minimum Gasteiger partial charge on any atom is -0.478 e. The summed E-state index contributed by atoms with van der Waals surface area (Å²) in [4.78, 5) is 34.0. The fourth-order valence-corrected chi connectivity index (χ4v) is 3.85. The van der Waals surface area contributed by atoms with Crippen LogP contribution in [0, 0.1) is 0 Å². The van der Waals surface area contributed by atoms with E-state index in [1.54, 1.807) is 0 Å². The van der Waals surface area contributed by atoms with Crippen LogP contribution in [0.2, 0.25) is 0 Å². The number of hydrogen-bond donors (Lipinski definition) is 2. The molecule has 1 aliphatic carbocycles. The van der Waals surface area contributed by atoms with Crippen LogP contribution in [0.25, 0.3) is 0 Å². The second-order valence-electron chi connectivity index (χ2n) is 7.71. The number of ether oxygens (including phenoxy) is 2. The molecule has 3 aliphatic rings. The van der Waals surface area contributed by atoms with Gasteiger partial charge in [0.2, 0.25) is 11.8 Å². The highest BCUT2D eigenvalue weighted by atomic mass is 16.5. The molecule has 156 valence electrons. The Morgan fingerprint density at radius 2 is 1.29 bits per heavy atom. The molecule has 2 heterocycles.